The molecule has 4 N–H and O–H groups in total. The van der Waals surface area contributed by atoms with Gasteiger partial charge in [0.1, 0.15) is 11.6 Å². The van der Waals surface area contributed by atoms with Gasteiger partial charge in [0, 0.05) is 19.2 Å². The fraction of sp³-hybridized carbons (Fsp3) is 0.207. The number of benzene rings is 3. The molecule has 10 nitrogen and oxygen atoms in total. The first-order chi connectivity index (χ1) is 18.9. The fourth-order valence-electron chi connectivity index (χ4n) is 4.96. The third kappa shape index (κ3) is 4.44. The number of hydrogen-bond donors (Lipinski definition) is 3. The zero-order valence-electron chi connectivity index (χ0n) is 21.4. The van der Waals surface area contributed by atoms with Crippen LogP contribution >= 0.6 is 0 Å². The number of amides is 3. The molecule has 0 fully saturated rings. The summed E-state index contributed by atoms with van der Waals surface area (Å²) in [5, 5.41) is 2.87. The van der Waals surface area contributed by atoms with Gasteiger partial charge in [-0.2, -0.15) is 0 Å². The number of aryl methyl sites for hydroxylation is 1. The highest BCUT2D eigenvalue weighted by molar-refractivity contribution is 6.21. The lowest BCUT2D eigenvalue weighted by atomic mass is 10.1. The van der Waals surface area contributed by atoms with E-state index in [9.17, 15) is 14.4 Å². The Labute approximate surface area is 223 Å². The summed E-state index contributed by atoms with van der Waals surface area (Å²) in [5.74, 6) is 0.835. The van der Waals surface area contributed by atoms with Crippen molar-refractivity contribution >= 4 is 39.8 Å². The first-order valence-electron chi connectivity index (χ1n) is 12.8. The van der Waals surface area contributed by atoms with Crippen LogP contribution < -0.4 is 11.1 Å². The number of imide groups is 1. The molecule has 39 heavy (non-hydrogen) atoms. The minimum Gasteiger partial charge on any atom is -0.352 e. The average Bonchev–Trinajstić information content (AvgIpc) is 3.56. The van der Waals surface area contributed by atoms with E-state index in [1.165, 1.54) is 4.90 Å². The number of nitrogens with two attached hydrogens (primary N) is 1. The third-order valence-corrected chi connectivity index (χ3v) is 7.04. The largest absolute Gasteiger partial charge is 0.352 e. The number of nitrogens with one attached hydrogen (secondary N) is 2. The summed E-state index contributed by atoms with van der Waals surface area (Å²) in [5.41, 5.74) is 11.0. The topological polar surface area (TPSA) is 139 Å². The number of hydrogen-bond acceptors (Lipinski definition) is 6. The van der Waals surface area contributed by atoms with Gasteiger partial charge < -0.3 is 20.6 Å². The molecule has 0 aliphatic carbocycles. The lowest BCUT2D eigenvalue weighted by molar-refractivity contribution is 0.0642. The highest BCUT2D eigenvalue weighted by atomic mass is 16.2. The van der Waals surface area contributed by atoms with Gasteiger partial charge in [-0.05, 0) is 61.0 Å². The molecule has 5 aromatic rings. The Morgan fingerprint density at radius 2 is 1.74 bits per heavy atom. The highest BCUT2D eigenvalue weighted by Gasteiger charge is 2.35. The van der Waals surface area contributed by atoms with Crippen LogP contribution in [0.2, 0.25) is 0 Å². The number of aromatic amines is 1. The maximum Gasteiger partial charge on any atom is 0.261 e. The Hall–Kier alpha value is -4.83. The molecule has 0 saturated heterocycles. The zero-order valence-corrected chi connectivity index (χ0v) is 21.4. The maximum atomic E-state index is 12.8. The number of aromatic nitrogens is 4. The number of nitrogens with zero attached hydrogens (tertiary/aromatic N) is 4. The van der Waals surface area contributed by atoms with Gasteiger partial charge in [0.05, 0.1) is 46.2 Å². The van der Waals surface area contributed by atoms with Crippen LogP contribution in [0.3, 0.4) is 0 Å². The van der Waals surface area contributed by atoms with Crippen LogP contribution in [0.15, 0.2) is 60.7 Å². The maximum absolute atomic E-state index is 12.8. The SMILES string of the molecule is Cn1c(Cc2nc3ccc(CN4C(=O)c5ccccc5C4=O)cc3[nH]2)nc2cc(C(=O)NCCCN)ccc21. The normalized spacial score (nSPS) is 13.0. The number of H-pyrrole nitrogens is 1. The first kappa shape index (κ1) is 24.5. The molecule has 2 aromatic heterocycles. The van der Waals surface area contributed by atoms with E-state index in [-0.39, 0.29) is 24.3 Å². The van der Waals surface area contributed by atoms with E-state index in [2.05, 4.69) is 10.3 Å². The predicted molar refractivity (Wildman–Crippen MR) is 146 cm³/mol. The molecule has 0 unspecified atom stereocenters. The zero-order chi connectivity index (χ0) is 27.1. The minimum absolute atomic E-state index is 0.146. The van der Waals surface area contributed by atoms with E-state index < -0.39 is 0 Å². The van der Waals surface area contributed by atoms with E-state index in [1.807, 2.05) is 35.9 Å². The Morgan fingerprint density at radius 1 is 0.974 bits per heavy atom. The van der Waals surface area contributed by atoms with Gasteiger partial charge in [0.15, 0.2) is 0 Å². The fourth-order valence-corrected chi connectivity index (χ4v) is 4.96. The molecular weight excluding hydrogens is 494 g/mol. The summed E-state index contributed by atoms with van der Waals surface area (Å²) >= 11 is 0. The monoisotopic (exact) mass is 521 g/mol. The second kappa shape index (κ2) is 9.80. The molecule has 0 saturated carbocycles. The molecule has 6 rings (SSSR count). The molecule has 196 valence electrons. The molecule has 3 aromatic carbocycles. The number of carbonyl (C=O) groups excluding carboxylic acids is 3. The van der Waals surface area contributed by atoms with Gasteiger partial charge in [-0.15, -0.1) is 0 Å². The first-order valence-corrected chi connectivity index (χ1v) is 12.8. The molecule has 0 spiro atoms. The van der Waals surface area contributed by atoms with Crippen molar-refractivity contribution in [2.24, 2.45) is 12.8 Å². The molecule has 10 heteroatoms. The smallest absolute Gasteiger partial charge is 0.261 e. The van der Waals surface area contributed by atoms with Crippen LogP contribution in [-0.4, -0.2) is 55.2 Å². The van der Waals surface area contributed by atoms with Crippen LogP contribution in [0, 0.1) is 0 Å². The van der Waals surface area contributed by atoms with Crippen molar-refractivity contribution in [3.05, 3.63) is 94.6 Å². The molecule has 1 aliphatic rings. The molecular formula is C29H27N7O3. The summed E-state index contributed by atoms with van der Waals surface area (Å²) < 4.78 is 1.99. The van der Waals surface area contributed by atoms with E-state index in [0.29, 0.717) is 36.2 Å². The van der Waals surface area contributed by atoms with Gasteiger partial charge in [0.2, 0.25) is 0 Å². The molecule has 0 radical (unpaired) electrons. The van der Waals surface area contributed by atoms with E-state index in [1.54, 1.807) is 36.4 Å². The van der Waals surface area contributed by atoms with Crippen LogP contribution in [-0.2, 0) is 20.0 Å². The quantitative estimate of drug-likeness (QED) is 0.212. The Kier molecular flexibility index (Phi) is 6.16. The van der Waals surface area contributed by atoms with Crippen LogP contribution in [0.1, 0.15) is 54.7 Å². The van der Waals surface area contributed by atoms with Crippen molar-refractivity contribution in [2.45, 2.75) is 19.4 Å². The molecule has 3 heterocycles. The summed E-state index contributed by atoms with van der Waals surface area (Å²) in [6.45, 7) is 1.25. The van der Waals surface area contributed by atoms with Gasteiger partial charge >= 0.3 is 0 Å². The van der Waals surface area contributed by atoms with E-state index in [4.69, 9.17) is 15.7 Å². The van der Waals surface area contributed by atoms with Crippen LogP contribution in [0.25, 0.3) is 22.1 Å². The van der Waals surface area contributed by atoms with Gasteiger partial charge in [-0.25, -0.2) is 9.97 Å². The van der Waals surface area contributed by atoms with Crippen molar-refractivity contribution in [1.82, 2.24) is 29.7 Å². The summed E-state index contributed by atoms with van der Waals surface area (Å²) in [7, 11) is 1.94. The second-order valence-corrected chi connectivity index (χ2v) is 9.64. The Balaban J connectivity index is 1.20. The molecule has 1 aliphatic heterocycles. The number of carbonyl (C=O) groups is 3. The van der Waals surface area contributed by atoms with Gasteiger partial charge in [0.25, 0.3) is 17.7 Å². The highest BCUT2D eigenvalue weighted by Crippen LogP contribution is 2.25. The standard InChI is InChI=1S/C29H27N7O3/c1-35-24-10-8-18(27(37)31-12-4-11-30)14-23(24)34-26(35)15-25-32-21-9-7-17(13-22(21)33-25)16-36-28(38)19-5-2-3-6-20(19)29(36)39/h2-3,5-10,13-14H,4,11-12,15-16,30H2,1H3,(H,31,37)(H,32,33). The Bertz CT molecular complexity index is 1730. The molecule has 3 amide bonds. The summed E-state index contributed by atoms with van der Waals surface area (Å²) in [6.07, 6.45) is 1.19. The van der Waals surface area contributed by atoms with Crippen molar-refractivity contribution in [1.29, 1.82) is 0 Å². The van der Waals surface area contributed by atoms with Crippen LogP contribution in [0.5, 0.6) is 0 Å². The third-order valence-electron chi connectivity index (χ3n) is 7.04. The summed E-state index contributed by atoms with van der Waals surface area (Å²) in [4.78, 5) is 52.0. The van der Waals surface area contributed by atoms with Gasteiger partial charge in [-0.3, -0.25) is 19.3 Å². The molecule has 0 bridgehead atoms. The Morgan fingerprint density at radius 3 is 2.49 bits per heavy atom. The van der Waals surface area contributed by atoms with Crippen molar-refractivity contribution in [3.63, 3.8) is 0 Å². The lowest BCUT2D eigenvalue weighted by Gasteiger charge is -2.13. The van der Waals surface area contributed by atoms with Crippen molar-refractivity contribution in [3.8, 4) is 0 Å². The number of fused-ring (bicyclic) bond motifs is 3. The number of imidazole rings is 2. The van der Waals surface area contributed by atoms with E-state index >= 15 is 0 Å². The number of rotatable bonds is 8. The summed E-state index contributed by atoms with van der Waals surface area (Å²) in [6, 6.07) is 18.0. The second-order valence-electron chi connectivity index (χ2n) is 9.64. The van der Waals surface area contributed by atoms with Crippen molar-refractivity contribution < 1.29 is 14.4 Å². The minimum atomic E-state index is -0.279. The van der Waals surface area contributed by atoms with Crippen molar-refractivity contribution in [2.75, 3.05) is 13.1 Å². The molecule has 0 atom stereocenters. The predicted octanol–water partition coefficient (Wildman–Crippen LogP) is 2.92. The van der Waals surface area contributed by atoms with E-state index in [0.717, 1.165) is 45.7 Å². The average molecular weight is 522 g/mol. The lowest BCUT2D eigenvalue weighted by Crippen LogP contribution is -2.29. The van der Waals surface area contributed by atoms with Crippen LogP contribution in [0.4, 0.5) is 0 Å². The van der Waals surface area contributed by atoms with Gasteiger partial charge in [-0.1, -0.05) is 18.2 Å².